The predicted molar refractivity (Wildman–Crippen MR) is 27.9 cm³/mol. The van der Waals surface area contributed by atoms with Crippen molar-refractivity contribution in [1.82, 2.24) is 0 Å². The minimum absolute atomic E-state index is 0.182. The van der Waals surface area contributed by atoms with Crippen molar-refractivity contribution < 1.29 is 9.53 Å². The highest BCUT2D eigenvalue weighted by atomic mass is 16.5. The fourth-order valence-corrected chi connectivity index (χ4v) is 0.664. The molecule has 8 heavy (non-hydrogen) atoms. The Morgan fingerprint density at radius 2 is 2.62 bits per heavy atom. The molecule has 0 radical (unpaired) electrons. The third-order valence-corrected chi connectivity index (χ3v) is 1.10. The van der Waals surface area contributed by atoms with E-state index >= 15 is 0 Å². The molecule has 3 nitrogen and oxygen atoms in total. The highest BCUT2D eigenvalue weighted by Gasteiger charge is 2.20. The van der Waals surface area contributed by atoms with Crippen LogP contribution in [-0.2, 0) is 9.53 Å². The van der Waals surface area contributed by atoms with Gasteiger partial charge in [-0.05, 0) is 6.42 Å². The van der Waals surface area contributed by atoms with Gasteiger partial charge in [0.25, 0.3) is 0 Å². The molecule has 1 unspecified atom stereocenters. The van der Waals surface area contributed by atoms with Crippen LogP contribution in [0.4, 0.5) is 0 Å². The maximum atomic E-state index is 10.3. The minimum atomic E-state index is -0.234. The number of rotatable bonds is 1. The van der Waals surface area contributed by atoms with Gasteiger partial charge in [-0.15, -0.1) is 0 Å². The lowest BCUT2D eigenvalue weighted by Gasteiger charge is -1.96. The summed E-state index contributed by atoms with van der Waals surface area (Å²) in [4.78, 5) is 10.3. The van der Waals surface area contributed by atoms with Crippen LogP contribution in [0, 0.1) is 5.41 Å². The number of hydrogen-bond donors (Lipinski definition) is 1. The number of esters is 1. The van der Waals surface area contributed by atoms with Crippen molar-refractivity contribution in [3.8, 4) is 0 Å². The normalized spacial score (nSPS) is 27.5. The molecule has 1 aliphatic rings. The molecule has 0 aromatic heterocycles. The van der Waals surface area contributed by atoms with Crippen LogP contribution >= 0.6 is 0 Å². The second-order valence-electron chi connectivity index (χ2n) is 1.73. The van der Waals surface area contributed by atoms with Crippen molar-refractivity contribution in [1.29, 1.82) is 5.41 Å². The van der Waals surface area contributed by atoms with Gasteiger partial charge in [0, 0.05) is 12.6 Å². The number of ether oxygens (including phenoxy) is 1. The molecule has 1 aliphatic heterocycles. The van der Waals surface area contributed by atoms with E-state index in [-0.39, 0.29) is 12.1 Å². The largest absolute Gasteiger partial charge is 0.456 e. The zero-order chi connectivity index (χ0) is 5.98. The minimum Gasteiger partial charge on any atom is -0.456 e. The molecule has 0 aromatic carbocycles. The zero-order valence-corrected chi connectivity index (χ0v) is 4.39. The van der Waals surface area contributed by atoms with Crippen molar-refractivity contribution in [2.45, 2.75) is 18.9 Å². The number of carbonyl (C=O) groups is 1. The highest BCUT2D eigenvalue weighted by molar-refractivity contribution is 5.76. The van der Waals surface area contributed by atoms with E-state index in [1.165, 1.54) is 0 Å². The summed E-state index contributed by atoms with van der Waals surface area (Å²) in [5.41, 5.74) is 0. The zero-order valence-electron chi connectivity index (χ0n) is 4.39. The van der Waals surface area contributed by atoms with E-state index in [4.69, 9.17) is 5.41 Å². The monoisotopic (exact) mass is 113 g/mol. The van der Waals surface area contributed by atoms with E-state index in [2.05, 4.69) is 4.74 Å². The van der Waals surface area contributed by atoms with E-state index in [0.29, 0.717) is 12.8 Å². The maximum absolute atomic E-state index is 10.3. The molecule has 1 fully saturated rings. The summed E-state index contributed by atoms with van der Waals surface area (Å²) in [5, 5.41) is 6.69. The first-order valence-electron chi connectivity index (χ1n) is 2.53. The summed E-state index contributed by atoms with van der Waals surface area (Å²) < 4.78 is 4.63. The quantitative estimate of drug-likeness (QED) is 0.394. The Balaban J connectivity index is 2.43. The lowest BCUT2D eigenvalue weighted by atomic mass is 10.2. The number of hydrogen-bond acceptors (Lipinski definition) is 3. The Morgan fingerprint density at radius 3 is 2.88 bits per heavy atom. The van der Waals surface area contributed by atoms with Crippen LogP contribution in [0.2, 0.25) is 0 Å². The lowest BCUT2D eigenvalue weighted by Crippen LogP contribution is -2.06. The maximum Gasteiger partial charge on any atom is 0.306 e. The Morgan fingerprint density at radius 1 is 1.88 bits per heavy atom. The van der Waals surface area contributed by atoms with Crippen LogP contribution in [0.5, 0.6) is 0 Å². The topological polar surface area (TPSA) is 50.2 Å². The fraction of sp³-hybridized carbons (Fsp3) is 0.600. The molecule has 1 atom stereocenters. The lowest BCUT2D eigenvalue weighted by molar-refractivity contribution is -0.139. The Bertz CT molecular complexity index is 122. The molecular weight excluding hydrogens is 106 g/mol. The Hall–Kier alpha value is -0.860. The summed E-state index contributed by atoms with van der Waals surface area (Å²) in [7, 11) is 0. The molecule has 0 amide bonds. The van der Waals surface area contributed by atoms with Crippen molar-refractivity contribution in [3.05, 3.63) is 0 Å². The number of cyclic esters (lactones) is 1. The van der Waals surface area contributed by atoms with E-state index in [1.807, 2.05) is 0 Å². The Kier molecular flexibility index (Phi) is 1.28. The van der Waals surface area contributed by atoms with Gasteiger partial charge in [-0.25, -0.2) is 0 Å². The smallest absolute Gasteiger partial charge is 0.306 e. The Labute approximate surface area is 47.2 Å². The van der Waals surface area contributed by atoms with Crippen LogP contribution in [0.15, 0.2) is 0 Å². The van der Waals surface area contributed by atoms with Gasteiger partial charge in [-0.1, -0.05) is 0 Å². The average molecular weight is 113 g/mol. The van der Waals surface area contributed by atoms with E-state index in [1.54, 1.807) is 0 Å². The molecule has 0 aliphatic carbocycles. The van der Waals surface area contributed by atoms with Crippen molar-refractivity contribution in [3.63, 3.8) is 0 Å². The van der Waals surface area contributed by atoms with Gasteiger partial charge in [-0.3, -0.25) is 4.79 Å². The molecule has 1 saturated heterocycles. The van der Waals surface area contributed by atoms with Gasteiger partial charge in [0.2, 0.25) is 0 Å². The van der Waals surface area contributed by atoms with Crippen molar-refractivity contribution in [2.24, 2.45) is 0 Å². The molecule has 1 heterocycles. The van der Waals surface area contributed by atoms with E-state index in [0.717, 1.165) is 6.21 Å². The first-order valence-corrected chi connectivity index (χ1v) is 2.53. The molecule has 0 spiro atoms. The second kappa shape index (κ2) is 1.94. The standard InChI is InChI=1S/C5H7NO2/c6-3-4-1-2-5(7)8-4/h3-4,6H,1-2H2. The first kappa shape index (κ1) is 5.28. The third-order valence-electron chi connectivity index (χ3n) is 1.10. The molecule has 1 rings (SSSR count). The van der Waals surface area contributed by atoms with Crippen LogP contribution < -0.4 is 0 Å². The fourth-order valence-electron chi connectivity index (χ4n) is 0.664. The molecule has 0 aromatic rings. The molecule has 0 bridgehead atoms. The summed E-state index contributed by atoms with van der Waals surface area (Å²) in [5.74, 6) is -0.182. The summed E-state index contributed by atoms with van der Waals surface area (Å²) in [6.07, 6.45) is 2.08. The first-order chi connectivity index (χ1) is 3.83. The third kappa shape index (κ3) is 0.857. The molecular formula is C5H7NO2. The average Bonchev–Trinajstić information content (AvgIpc) is 2.14. The van der Waals surface area contributed by atoms with Crippen molar-refractivity contribution >= 4 is 12.2 Å². The van der Waals surface area contributed by atoms with Gasteiger partial charge in [-0.2, -0.15) is 0 Å². The summed E-state index contributed by atoms with van der Waals surface area (Å²) in [6.45, 7) is 0. The summed E-state index contributed by atoms with van der Waals surface area (Å²) >= 11 is 0. The van der Waals surface area contributed by atoms with Gasteiger partial charge in [0.1, 0.15) is 6.10 Å². The summed E-state index contributed by atoms with van der Waals surface area (Å²) in [6, 6.07) is 0. The molecule has 0 saturated carbocycles. The number of carbonyl (C=O) groups excluding carboxylic acids is 1. The van der Waals surface area contributed by atoms with Gasteiger partial charge in [0.05, 0.1) is 0 Å². The van der Waals surface area contributed by atoms with Crippen LogP contribution in [0.3, 0.4) is 0 Å². The molecule has 3 heteroatoms. The van der Waals surface area contributed by atoms with Crippen LogP contribution in [-0.4, -0.2) is 18.3 Å². The van der Waals surface area contributed by atoms with Gasteiger partial charge < -0.3 is 10.1 Å². The highest BCUT2D eigenvalue weighted by Crippen LogP contribution is 2.10. The predicted octanol–water partition coefficient (Wildman–Crippen LogP) is 0.342. The SMILES string of the molecule is N=CC1CCC(=O)O1. The van der Waals surface area contributed by atoms with E-state index < -0.39 is 0 Å². The molecule has 44 valence electrons. The van der Waals surface area contributed by atoms with Crippen LogP contribution in [0.25, 0.3) is 0 Å². The van der Waals surface area contributed by atoms with Gasteiger partial charge >= 0.3 is 5.97 Å². The molecule has 1 N–H and O–H groups in total. The second-order valence-corrected chi connectivity index (χ2v) is 1.73. The number of nitrogens with one attached hydrogen (secondary N) is 1. The van der Waals surface area contributed by atoms with Crippen molar-refractivity contribution in [2.75, 3.05) is 0 Å². The van der Waals surface area contributed by atoms with Gasteiger partial charge in [0.15, 0.2) is 0 Å². The van der Waals surface area contributed by atoms with E-state index in [9.17, 15) is 4.79 Å². The van der Waals surface area contributed by atoms with Crippen LogP contribution in [0.1, 0.15) is 12.8 Å².